The molecule has 3 aliphatic rings. The van der Waals surface area contributed by atoms with Gasteiger partial charge in [0.1, 0.15) is 36.9 Å². The zero-order valence-corrected chi connectivity index (χ0v) is 81.9. The number of aromatic nitrogens is 6. The second kappa shape index (κ2) is 50.3. The lowest BCUT2D eigenvalue weighted by Gasteiger charge is -2.28. The highest BCUT2D eigenvalue weighted by atomic mass is 32.2. The van der Waals surface area contributed by atoms with Crippen molar-refractivity contribution < 1.29 is 110 Å². The third-order valence-corrected chi connectivity index (χ3v) is 26.2. The number of hydrogen-bond acceptors (Lipinski definition) is 15. The summed E-state index contributed by atoms with van der Waals surface area (Å²) >= 11 is 2.37. The van der Waals surface area contributed by atoms with Crippen LogP contribution in [0.25, 0.3) is 33.4 Å². The molecule has 12 aromatic rings. The lowest BCUT2D eigenvalue weighted by molar-refractivity contribution is -0.138. The van der Waals surface area contributed by atoms with Gasteiger partial charge in [0.15, 0.2) is 15.5 Å². The van der Waals surface area contributed by atoms with Crippen LogP contribution in [-0.4, -0.2) is 154 Å². The van der Waals surface area contributed by atoms with Gasteiger partial charge in [0.25, 0.3) is 16.7 Å². The summed E-state index contributed by atoms with van der Waals surface area (Å²) in [6.07, 6.45) is -26.0. The predicted octanol–water partition coefficient (Wildman–Crippen LogP) is 22.5. The molecule has 2 unspecified atom stereocenters. The van der Waals surface area contributed by atoms with Gasteiger partial charge in [-0.25, -0.2) is 13.2 Å². The summed E-state index contributed by atoms with van der Waals surface area (Å²) in [6.45, 7) is 5.67. The maximum Gasteiger partial charge on any atom is 0.416 e. The largest absolute Gasteiger partial charge is 0.416 e. The Hall–Kier alpha value is -11.9. The minimum atomic E-state index is -5.33. The molecule has 762 valence electrons. The Bertz CT molecular complexity index is 8290. The molecule has 0 fully saturated rings. The van der Waals surface area contributed by atoms with Gasteiger partial charge in [0.05, 0.1) is 45.5 Å². The van der Waals surface area contributed by atoms with E-state index in [1.165, 1.54) is 77.7 Å². The quantitative estimate of drug-likeness (QED) is 0.0202. The van der Waals surface area contributed by atoms with Gasteiger partial charge in [-0.1, -0.05) is 236 Å². The van der Waals surface area contributed by atoms with Crippen molar-refractivity contribution in [2.75, 3.05) is 78.5 Å². The molecule has 2 atom stereocenters. The van der Waals surface area contributed by atoms with Crippen LogP contribution in [0.5, 0.6) is 0 Å². The number of carbonyl (C=O) groups excluding carboxylic acids is 3. The number of thioether (sulfide) groups is 3. The highest BCUT2D eigenvalue weighted by molar-refractivity contribution is 7.98. The van der Waals surface area contributed by atoms with Crippen LogP contribution >= 0.6 is 35.3 Å². The third-order valence-electron chi connectivity index (χ3n) is 23.2. The number of rotatable bonds is 39. The molecule has 9 aromatic carbocycles. The minimum absolute atomic E-state index is 0.00156. The van der Waals surface area contributed by atoms with Crippen molar-refractivity contribution in [3.8, 4) is 33.4 Å². The first-order valence-electron chi connectivity index (χ1n) is 61.2. The van der Waals surface area contributed by atoms with E-state index >= 15 is 0 Å². The Morgan fingerprint density at radius 3 is 1.06 bits per heavy atom. The molecular weight excluding hydrogens is 1920 g/mol. The van der Waals surface area contributed by atoms with Gasteiger partial charge >= 0.3 is 18.5 Å². The van der Waals surface area contributed by atoms with Crippen molar-refractivity contribution in [2.24, 2.45) is 11.8 Å². The predicted molar refractivity (Wildman–Crippen MR) is 544 cm³/mol. The smallest absolute Gasteiger partial charge is 0.336 e. The van der Waals surface area contributed by atoms with E-state index in [-0.39, 0.29) is 78.4 Å². The Kier molecular flexibility index (Phi) is 25.9. The molecule has 0 radical (unpaired) electrons. The Morgan fingerprint density at radius 1 is 0.382 bits per heavy atom. The second-order valence-electron chi connectivity index (χ2n) is 32.9. The standard InChI is InChI=1S/3C37H40F4N4O2S/c2*1-4-43(5-2)18-19-44(22-26-6-10-28(11-7-26)29-12-14-30(15-13-29)37(39,40)41)34(46)23-45-33-21-25(3)20-32(33)35(47)42-36(45)48-24-27-8-16-31(38)17-9-27;1-4-43(5-2)19-20-44(22-26-9-13-28(14-10-26)29-15-18-32(25(3)21-29)37(39,40)41)34(46)23-45-33-8-6-7-31(33)35(47)42-36(45)48-24-27-11-16-30(38)17-12-27/h2*6-17,25H,4-5,18-24H2,1-3H3;9-18,21H,4-8,19-20,22-24H2,1-3H3/i6D,7D,10D,11D,12D,13D,14D,15D,20D2,21D2,23D2,25D;20D2,21D2,23D2,25D;9D,10D,13D,14D,15D,18D,21D,23D2. The van der Waals surface area contributed by atoms with Gasteiger partial charge < -0.3 is 43.1 Å². The summed E-state index contributed by atoms with van der Waals surface area (Å²) < 4.78 is 438. The van der Waals surface area contributed by atoms with Crippen molar-refractivity contribution in [1.29, 1.82) is 0 Å². The van der Waals surface area contributed by atoms with Crippen molar-refractivity contribution >= 4 is 53.0 Å². The van der Waals surface area contributed by atoms with E-state index in [9.17, 15) is 89.7 Å². The van der Waals surface area contributed by atoms with Crippen LogP contribution in [-0.2, 0) is 128 Å². The van der Waals surface area contributed by atoms with E-state index < -0.39 is 320 Å². The van der Waals surface area contributed by atoms with Gasteiger partial charge in [0.2, 0.25) is 17.7 Å². The highest BCUT2D eigenvalue weighted by Gasteiger charge is 2.36. The van der Waals surface area contributed by atoms with Crippen molar-refractivity contribution in [3.63, 3.8) is 0 Å². The summed E-state index contributed by atoms with van der Waals surface area (Å²) in [5, 5.41) is -1.17. The fourth-order valence-electron chi connectivity index (χ4n) is 15.1. The average molecular weight is 2070 g/mol. The molecular formula is C111H120F12N12O6S3. The summed E-state index contributed by atoms with van der Waals surface area (Å²) in [4.78, 5) is 105. The third kappa shape index (κ3) is 29.5. The van der Waals surface area contributed by atoms with Crippen molar-refractivity contribution in [3.05, 3.63) is 350 Å². The molecule has 18 nitrogen and oxygen atoms in total. The van der Waals surface area contributed by atoms with Crippen LogP contribution in [0.15, 0.2) is 242 Å². The van der Waals surface area contributed by atoms with Gasteiger partial charge in [-0.15, -0.1) is 0 Å². The molecule has 3 heterocycles. The summed E-state index contributed by atoms with van der Waals surface area (Å²) in [5.74, 6) is -10.8. The minimum Gasteiger partial charge on any atom is -0.336 e. The van der Waals surface area contributed by atoms with E-state index in [1.54, 1.807) is 43.0 Å². The van der Waals surface area contributed by atoms with E-state index in [1.807, 2.05) is 37.5 Å². The molecule has 3 aliphatic carbocycles. The number of nitrogens with zero attached hydrogens (tertiary/aromatic N) is 12. The molecule has 3 amide bonds. The van der Waals surface area contributed by atoms with Crippen LogP contribution in [0.4, 0.5) is 52.7 Å². The number of amides is 3. The lowest BCUT2D eigenvalue weighted by Crippen LogP contribution is -2.40. The van der Waals surface area contributed by atoms with Gasteiger partial charge in [-0.2, -0.15) is 54.5 Å². The molecule has 3 aromatic heterocycles. The first-order valence-corrected chi connectivity index (χ1v) is 48.6. The number of carbonyl (C=O) groups is 3. The highest BCUT2D eigenvalue weighted by Crippen LogP contribution is 2.39. The van der Waals surface area contributed by atoms with E-state index in [2.05, 4.69) is 15.0 Å². The molecule has 0 saturated carbocycles. The number of benzene rings is 9. The summed E-state index contributed by atoms with van der Waals surface area (Å²) in [5.41, 5.74) is -12.1. The van der Waals surface area contributed by atoms with E-state index in [0.717, 1.165) is 82.9 Å². The topological polar surface area (TPSA) is 175 Å². The zero-order valence-electron chi connectivity index (χ0n) is 110. The van der Waals surface area contributed by atoms with Gasteiger partial charge in [0, 0.05) is 124 Å². The number of halogens is 12. The Morgan fingerprint density at radius 2 is 0.701 bits per heavy atom. The first-order chi connectivity index (χ1) is 81.2. The number of hydrogen-bond donors (Lipinski definition) is 0. The molecule has 0 N–H and O–H groups in total. The Labute approximate surface area is 888 Å². The number of fused-ring (bicyclic) bond motifs is 3. The van der Waals surface area contributed by atoms with Crippen molar-refractivity contribution in [1.82, 2.24) is 58.1 Å². The van der Waals surface area contributed by atoms with Gasteiger partial charge in [-0.3, -0.25) is 28.8 Å². The maximum absolute atomic E-state index is 14.9. The summed E-state index contributed by atoms with van der Waals surface area (Å²) in [7, 11) is 0. The molecule has 144 heavy (non-hydrogen) atoms. The molecule has 0 bridgehead atoms. The fourth-order valence-corrected chi connectivity index (χ4v) is 17.8. The van der Waals surface area contributed by atoms with Gasteiger partial charge in [-0.05, 0) is 242 Å². The Balaban J connectivity index is 0.000000215. The molecule has 15 rings (SSSR count). The number of alkyl halides is 9. The maximum atomic E-state index is 14.9. The SMILES string of the molecule is [2H]C([2H])(C(=O)N(CCN(CC)CC)Cc1ccc(-c2ccc(C(F)(F)F)cc2)cc1)n1c(SCc2ccc(F)cc2)nc(=O)c2c1C([2H])([2H])C([2H])(C)C2([2H])[2H].[2H]c1c([2H])c(-c2c([2H])c([2H])c(C(F)(F)F)c(C)c2[2H])c([2H])c([2H])c1CN(CCN(CC)CC)C(=O)C([2H])([2H])n1c(SCc2ccc(F)cc2)nc(=O)c2c1CCC2.[2H]c1c([2H])c(-c2c([2H])c([2H])c(C(F)(F)F)c([2H])c2[2H])c([2H])c([2H])c1CN(CCN(CC)CC)C(=O)C([2H])([2H])n1c(SCc2ccc(F)cc2)nc(=O)c2c1C([2H])([2H])C([2H])(C)C2([2H])[2H]. The van der Waals surface area contributed by atoms with Crippen LogP contribution in [0.2, 0.25) is 0 Å². The normalized spacial score (nSPS) is 19.7. The molecule has 0 spiro atoms. The van der Waals surface area contributed by atoms with E-state index in [0.29, 0.717) is 113 Å². The monoisotopic (exact) mass is 2070 g/mol. The van der Waals surface area contributed by atoms with Crippen LogP contribution in [0.1, 0.15) is 194 Å². The zero-order chi connectivity index (χ0) is 131. The second-order valence-corrected chi connectivity index (χ2v) is 35.7. The van der Waals surface area contributed by atoms with Crippen molar-refractivity contribution in [2.45, 2.75) is 197 Å². The average Bonchev–Trinajstić information content (AvgIpc) is 1.52. The molecule has 33 heteroatoms. The molecule has 0 aliphatic heterocycles. The lowest BCUT2D eigenvalue weighted by atomic mass is 9.98. The van der Waals surface area contributed by atoms with Crippen LogP contribution < -0.4 is 16.7 Å². The molecule has 0 saturated heterocycles. The van der Waals surface area contributed by atoms with Crippen LogP contribution in [0.3, 0.4) is 0 Å². The van der Waals surface area contributed by atoms with E-state index in [4.69, 9.17) is 34.3 Å². The fraction of sp³-hybridized carbons (Fsp3) is 0.378. The van der Waals surface area contributed by atoms with Crippen LogP contribution in [0, 0.1) is 36.2 Å². The first kappa shape index (κ1) is 74.1. The summed E-state index contributed by atoms with van der Waals surface area (Å²) in [6, 6.07) is 11.0. The number of likely N-dealkylation sites (N-methyl/N-ethyl adjacent to an activating group) is 3.